The number of hydrogen-bond acceptors (Lipinski definition) is 3. The summed E-state index contributed by atoms with van der Waals surface area (Å²) < 4.78 is 0. The second kappa shape index (κ2) is 6.58. The topological polar surface area (TPSA) is 20.3 Å². The molecule has 0 spiro atoms. The van der Waals surface area contributed by atoms with Crippen molar-refractivity contribution in [3.63, 3.8) is 0 Å². The predicted molar refractivity (Wildman–Crippen MR) is 83.3 cm³/mol. The number of hydrogen-bond donors (Lipinski definition) is 0. The summed E-state index contributed by atoms with van der Waals surface area (Å²) in [6.07, 6.45) is 5.65. The van der Waals surface area contributed by atoms with Gasteiger partial charge in [-0.05, 0) is 56.7 Å². The van der Waals surface area contributed by atoms with Crippen LogP contribution < -0.4 is 0 Å². The quantitative estimate of drug-likeness (QED) is 0.745. The van der Waals surface area contributed by atoms with Crippen molar-refractivity contribution < 1.29 is 4.79 Å². The van der Waals surface area contributed by atoms with Crippen LogP contribution >= 0.6 is 11.8 Å². The number of Topliss-reactive ketones (excluding diaryl/α,β-unsaturated/α-hetero) is 1. The first-order chi connectivity index (χ1) is 9.11. The molecule has 2 nitrogen and oxygen atoms in total. The van der Waals surface area contributed by atoms with Gasteiger partial charge in [0.15, 0.2) is 5.78 Å². The normalized spacial score (nSPS) is 15.6. The average Bonchev–Trinajstić information content (AvgIpc) is 2.85. The lowest BCUT2D eigenvalue weighted by Crippen LogP contribution is -2.35. The molecule has 104 valence electrons. The maximum absolute atomic E-state index is 12.3. The van der Waals surface area contributed by atoms with E-state index in [1.54, 1.807) is 0 Å². The molecule has 0 radical (unpaired) electrons. The number of rotatable bonds is 6. The monoisotopic (exact) mass is 277 g/mol. The lowest BCUT2D eigenvalue weighted by Gasteiger charge is -2.23. The zero-order valence-electron chi connectivity index (χ0n) is 12.1. The van der Waals surface area contributed by atoms with Gasteiger partial charge < -0.3 is 0 Å². The van der Waals surface area contributed by atoms with E-state index >= 15 is 0 Å². The van der Waals surface area contributed by atoms with Crippen LogP contribution in [-0.2, 0) is 12.8 Å². The van der Waals surface area contributed by atoms with Crippen LogP contribution in [0, 0.1) is 0 Å². The van der Waals surface area contributed by atoms with Crippen molar-refractivity contribution in [3.8, 4) is 0 Å². The van der Waals surface area contributed by atoms with Crippen LogP contribution in [0.3, 0.4) is 0 Å². The minimum absolute atomic E-state index is 0.241. The number of carbonyl (C=O) groups excluding carboxylic acids is 1. The average molecular weight is 277 g/mol. The van der Waals surface area contributed by atoms with E-state index in [0.29, 0.717) is 12.6 Å². The van der Waals surface area contributed by atoms with E-state index in [-0.39, 0.29) is 5.78 Å². The van der Waals surface area contributed by atoms with Gasteiger partial charge in [0.05, 0.1) is 6.54 Å². The Labute approximate surface area is 120 Å². The third kappa shape index (κ3) is 3.61. The molecule has 0 fully saturated rings. The predicted octanol–water partition coefficient (Wildman–Crippen LogP) is 3.04. The van der Waals surface area contributed by atoms with Gasteiger partial charge in [-0.1, -0.05) is 12.1 Å². The molecule has 1 aliphatic carbocycles. The lowest BCUT2D eigenvalue weighted by atomic mass is 10.0. The summed E-state index contributed by atoms with van der Waals surface area (Å²) >= 11 is 1.82. The molecule has 0 N–H and O–H groups in total. The van der Waals surface area contributed by atoms with Gasteiger partial charge in [-0.3, -0.25) is 9.69 Å². The third-order valence-electron chi connectivity index (χ3n) is 3.97. The van der Waals surface area contributed by atoms with E-state index in [9.17, 15) is 4.79 Å². The van der Waals surface area contributed by atoms with E-state index in [1.165, 1.54) is 24.0 Å². The Kier molecular flexibility index (Phi) is 5.06. The van der Waals surface area contributed by atoms with E-state index in [1.807, 2.05) is 24.9 Å². The number of aryl methyl sites for hydroxylation is 2. The lowest BCUT2D eigenvalue weighted by molar-refractivity contribution is 0.0930. The van der Waals surface area contributed by atoms with Gasteiger partial charge in [0.25, 0.3) is 0 Å². The molecule has 0 bridgehead atoms. The van der Waals surface area contributed by atoms with E-state index in [2.05, 4.69) is 30.2 Å². The van der Waals surface area contributed by atoms with Gasteiger partial charge in [-0.15, -0.1) is 0 Å². The summed E-state index contributed by atoms with van der Waals surface area (Å²) in [6.45, 7) is 2.69. The minimum Gasteiger partial charge on any atom is -0.295 e. The Hall–Kier alpha value is -0.800. The van der Waals surface area contributed by atoms with Crippen LogP contribution in [-0.4, -0.2) is 42.3 Å². The molecular weight excluding hydrogens is 254 g/mol. The summed E-state index contributed by atoms with van der Waals surface area (Å²) in [6, 6.07) is 6.69. The van der Waals surface area contributed by atoms with Crippen LogP contribution in [0.5, 0.6) is 0 Å². The molecule has 1 atom stereocenters. The van der Waals surface area contributed by atoms with Crippen molar-refractivity contribution in [1.29, 1.82) is 0 Å². The van der Waals surface area contributed by atoms with Crippen LogP contribution in [0.15, 0.2) is 18.2 Å². The summed E-state index contributed by atoms with van der Waals surface area (Å²) in [7, 11) is 2.03. The van der Waals surface area contributed by atoms with Gasteiger partial charge in [0, 0.05) is 17.4 Å². The number of likely N-dealkylation sites (N-methyl/N-ethyl adjacent to an activating group) is 1. The second-order valence-corrected chi connectivity index (χ2v) is 6.39. The minimum atomic E-state index is 0.241. The summed E-state index contributed by atoms with van der Waals surface area (Å²) in [5, 5.41) is 0. The Morgan fingerprint density at radius 2 is 2.11 bits per heavy atom. The van der Waals surface area contributed by atoms with Gasteiger partial charge >= 0.3 is 0 Å². The number of ketones is 1. The Morgan fingerprint density at radius 3 is 2.84 bits per heavy atom. The van der Waals surface area contributed by atoms with Crippen molar-refractivity contribution in [2.24, 2.45) is 0 Å². The first-order valence-corrected chi connectivity index (χ1v) is 8.35. The van der Waals surface area contributed by atoms with Crippen molar-refractivity contribution >= 4 is 17.5 Å². The van der Waals surface area contributed by atoms with E-state index in [0.717, 1.165) is 17.7 Å². The SMILES string of the molecule is CSCC(C)N(C)CC(=O)c1ccc2c(c1)CCC2. The van der Waals surface area contributed by atoms with Gasteiger partial charge in [0.1, 0.15) is 0 Å². The highest BCUT2D eigenvalue weighted by atomic mass is 32.2. The molecule has 19 heavy (non-hydrogen) atoms. The molecule has 0 heterocycles. The highest BCUT2D eigenvalue weighted by Crippen LogP contribution is 2.23. The molecule has 3 heteroatoms. The largest absolute Gasteiger partial charge is 0.295 e. The molecule has 0 aliphatic heterocycles. The molecule has 0 saturated heterocycles. The van der Waals surface area contributed by atoms with Crippen LogP contribution in [0.1, 0.15) is 34.8 Å². The van der Waals surface area contributed by atoms with Crippen molar-refractivity contribution in [2.45, 2.75) is 32.2 Å². The molecule has 1 aliphatic rings. The van der Waals surface area contributed by atoms with Crippen LogP contribution in [0.4, 0.5) is 0 Å². The molecule has 1 unspecified atom stereocenters. The summed E-state index contributed by atoms with van der Waals surface area (Å²) in [4.78, 5) is 14.5. The third-order valence-corrected chi connectivity index (χ3v) is 4.79. The number of thioether (sulfide) groups is 1. The molecule has 0 saturated carbocycles. The zero-order chi connectivity index (χ0) is 13.8. The fourth-order valence-corrected chi connectivity index (χ4v) is 3.32. The first kappa shape index (κ1) is 14.6. The van der Waals surface area contributed by atoms with Crippen LogP contribution in [0.25, 0.3) is 0 Å². The maximum atomic E-state index is 12.3. The first-order valence-electron chi connectivity index (χ1n) is 6.96. The van der Waals surface area contributed by atoms with Crippen molar-refractivity contribution in [3.05, 3.63) is 34.9 Å². The van der Waals surface area contributed by atoms with Gasteiger partial charge in [-0.2, -0.15) is 11.8 Å². The number of carbonyl (C=O) groups is 1. The van der Waals surface area contributed by atoms with Gasteiger partial charge in [0.2, 0.25) is 0 Å². The number of fused-ring (bicyclic) bond motifs is 1. The van der Waals surface area contributed by atoms with Crippen molar-refractivity contribution in [2.75, 3.05) is 25.6 Å². The summed E-state index contributed by atoms with van der Waals surface area (Å²) in [5.74, 6) is 1.30. The Balaban J connectivity index is 2.00. The maximum Gasteiger partial charge on any atom is 0.176 e. The number of nitrogens with zero attached hydrogens (tertiary/aromatic N) is 1. The van der Waals surface area contributed by atoms with Crippen molar-refractivity contribution in [1.82, 2.24) is 4.90 Å². The standard InChI is InChI=1S/C16H23NOS/c1-12(11-19-3)17(2)10-16(18)15-8-7-13-5-4-6-14(13)9-15/h7-9,12H,4-6,10-11H2,1-3H3. The fraction of sp³-hybridized carbons (Fsp3) is 0.562. The Morgan fingerprint density at radius 1 is 1.37 bits per heavy atom. The zero-order valence-corrected chi connectivity index (χ0v) is 12.9. The molecule has 1 aromatic rings. The molecule has 1 aromatic carbocycles. The molecule has 2 rings (SSSR count). The molecule has 0 aromatic heterocycles. The Bertz CT molecular complexity index is 458. The number of benzene rings is 1. The highest BCUT2D eigenvalue weighted by molar-refractivity contribution is 7.98. The van der Waals surface area contributed by atoms with Crippen LogP contribution in [0.2, 0.25) is 0 Å². The van der Waals surface area contributed by atoms with Gasteiger partial charge in [-0.25, -0.2) is 0 Å². The smallest absolute Gasteiger partial charge is 0.176 e. The second-order valence-electron chi connectivity index (χ2n) is 5.48. The molecular formula is C16H23NOS. The highest BCUT2D eigenvalue weighted by Gasteiger charge is 2.17. The van der Waals surface area contributed by atoms with E-state index in [4.69, 9.17) is 0 Å². The molecule has 0 amide bonds. The fourth-order valence-electron chi connectivity index (χ4n) is 2.59. The summed E-state index contributed by atoms with van der Waals surface area (Å²) in [5.41, 5.74) is 3.69. The van der Waals surface area contributed by atoms with E-state index < -0.39 is 0 Å².